The van der Waals surface area contributed by atoms with Gasteiger partial charge in [-0.1, -0.05) is 41.9 Å². The Hall–Kier alpha value is -1.84. The molecule has 110 valence electrons. The summed E-state index contributed by atoms with van der Waals surface area (Å²) in [5.41, 5.74) is 2.88. The molecule has 0 aliphatic rings. The van der Waals surface area contributed by atoms with Crippen molar-refractivity contribution in [3.8, 4) is 0 Å². The van der Waals surface area contributed by atoms with Crippen molar-refractivity contribution in [2.24, 2.45) is 0 Å². The van der Waals surface area contributed by atoms with Crippen molar-refractivity contribution in [2.75, 3.05) is 20.1 Å². The van der Waals surface area contributed by atoms with E-state index in [1.165, 1.54) is 0 Å². The molecule has 0 aliphatic heterocycles. The fourth-order valence-corrected chi connectivity index (χ4v) is 2.24. The van der Waals surface area contributed by atoms with E-state index in [1.54, 1.807) is 0 Å². The first kappa shape index (κ1) is 15.5. The Morgan fingerprint density at radius 2 is 1.76 bits per heavy atom. The molecular weight excluding hydrogens is 284 g/mol. The first-order chi connectivity index (χ1) is 10.2. The van der Waals surface area contributed by atoms with Gasteiger partial charge < -0.3 is 10.6 Å². The van der Waals surface area contributed by atoms with Crippen LogP contribution in [-0.2, 0) is 6.42 Å². The monoisotopic (exact) mass is 302 g/mol. The van der Waals surface area contributed by atoms with E-state index in [9.17, 15) is 4.79 Å². The fraction of sp³-hybridized carbons (Fsp3) is 0.235. The van der Waals surface area contributed by atoms with Gasteiger partial charge in [-0.3, -0.25) is 4.79 Å². The van der Waals surface area contributed by atoms with Gasteiger partial charge in [-0.25, -0.2) is 0 Å². The number of carbonyl (C=O) groups is 1. The average molecular weight is 303 g/mol. The molecule has 0 saturated heterocycles. The fourth-order valence-electron chi connectivity index (χ4n) is 2.11. The Morgan fingerprint density at radius 1 is 1.05 bits per heavy atom. The first-order valence-electron chi connectivity index (χ1n) is 6.96. The zero-order valence-corrected chi connectivity index (χ0v) is 12.8. The van der Waals surface area contributed by atoms with E-state index in [2.05, 4.69) is 10.6 Å². The minimum atomic E-state index is -0.0326. The summed E-state index contributed by atoms with van der Waals surface area (Å²) in [7, 11) is 1.86. The summed E-state index contributed by atoms with van der Waals surface area (Å²) in [5.74, 6) is -0.0326. The normalized spacial score (nSPS) is 10.4. The van der Waals surface area contributed by atoms with Gasteiger partial charge in [0.05, 0.1) is 0 Å². The van der Waals surface area contributed by atoms with Crippen LogP contribution in [0.25, 0.3) is 0 Å². The standard InChI is InChI=1S/C17H19ClN2O/c1-19-10-11-20-17(21)16-5-3-2-4-14(16)12-13-6-8-15(18)9-7-13/h2-9,19H,10-12H2,1H3,(H,20,21). The second-order valence-electron chi connectivity index (χ2n) is 4.82. The smallest absolute Gasteiger partial charge is 0.251 e. The molecule has 0 spiro atoms. The highest BCUT2D eigenvalue weighted by Gasteiger charge is 2.10. The minimum absolute atomic E-state index is 0.0326. The van der Waals surface area contributed by atoms with Gasteiger partial charge in [0, 0.05) is 23.7 Å². The Labute approximate surface area is 130 Å². The molecule has 2 aromatic carbocycles. The van der Waals surface area contributed by atoms with Gasteiger partial charge in [0.15, 0.2) is 0 Å². The second kappa shape index (κ2) is 7.81. The van der Waals surface area contributed by atoms with Crippen LogP contribution >= 0.6 is 11.6 Å². The van der Waals surface area contributed by atoms with Crippen LogP contribution in [-0.4, -0.2) is 26.0 Å². The van der Waals surface area contributed by atoms with E-state index in [4.69, 9.17) is 11.6 Å². The number of likely N-dealkylation sites (N-methyl/N-ethyl adjacent to an activating group) is 1. The predicted molar refractivity (Wildman–Crippen MR) is 87.0 cm³/mol. The van der Waals surface area contributed by atoms with Gasteiger partial charge in [0.2, 0.25) is 0 Å². The van der Waals surface area contributed by atoms with Gasteiger partial charge >= 0.3 is 0 Å². The number of amides is 1. The van der Waals surface area contributed by atoms with Crippen molar-refractivity contribution in [2.45, 2.75) is 6.42 Å². The van der Waals surface area contributed by atoms with Crippen LogP contribution < -0.4 is 10.6 Å². The minimum Gasteiger partial charge on any atom is -0.351 e. The largest absolute Gasteiger partial charge is 0.351 e. The molecule has 0 saturated carbocycles. The summed E-state index contributed by atoms with van der Waals surface area (Å²) >= 11 is 5.90. The third-order valence-corrected chi connectivity index (χ3v) is 3.48. The summed E-state index contributed by atoms with van der Waals surface area (Å²) in [5, 5.41) is 6.64. The van der Waals surface area contributed by atoms with Crippen LogP contribution in [0.15, 0.2) is 48.5 Å². The lowest BCUT2D eigenvalue weighted by atomic mass is 9.99. The number of hydrogen-bond donors (Lipinski definition) is 2. The molecule has 0 radical (unpaired) electrons. The number of hydrogen-bond acceptors (Lipinski definition) is 2. The average Bonchev–Trinajstić information content (AvgIpc) is 2.50. The zero-order chi connectivity index (χ0) is 15.1. The van der Waals surface area contributed by atoms with Crippen molar-refractivity contribution in [3.63, 3.8) is 0 Å². The molecule has 0 heterocycles. The number of nitrogens with one attached hydrogen (secondary N) is 2. The van der Waals surface area contributed by atoms with E-state index in [-0.39, 0.29) is 5.91 Å². The quantitative estimate of drug-likeness (QED) is 0.806. The Bertz CT molecular complexity index is 596. The molecule has 4 heteroatoms. The summed E-state index contributed by atoms with van der Waals surface area (Å²) in [6.45, 7) is 1.37. The van der Waals surface area contributed by atoms with Crippen molar-refractivity contribution in [3.05, 3.63) is 70.2 Å². The Kier molecular flexibility index (Phi) is 5.78. The van der Waals surface area contributed by atoms with Crippen LogP contribution in [0.5, 0.6) is 0 Å². The third-order valence-electron chi connectivity index (χ3n) is 3.23. The molecule has 0 aliphatic carbocycles. The number of rotatable bonds is 6. The summed E-state index contributed by atoms with van der Waals surface area (Å²) in [4.78, 5) is 12.2. The molecular formula is C17H19ClN2O. The molecule has 1 amide bonds. The topological polar surface area (TPSA) is 41.1 Å². The van der Waals surface area contributed by atoms with Gasteiger partial charge in [-0.2, -0.15) is 0 Å². The summed E-state index contributed by atoms with van der Waals surface area (Å²) in [6, 6.07) is 15.4. The van der Waals surface area contributed by atoms with Gasteiger partial charge in [0.25, 0.3) is 5.91 Å². The second-order valence-corrected chi connectivity index (χ2v) is 5.26. The zero-order valence-electron chi connectivity index (χ0n) is 12.0. The Balaban J connectivity index is 2.12. The highest BCUT2D eigenvalue weighted by atomic mass is 35.5. The molecule has 0 aromatic heterocycles. The van der Waals surface area contributed by atoms with Crippen molar-refractivity contribution >= 4 is 17.5 Å². The van der Waals surface area contributed by atoms with E-state index < -0.39 is 0 Å². The highest BCUT2D eigenvalue weighted by molar-refractivity contribution is 6.30. The van der Waals surface area contributed by atoms with E-state index >= 15 is 0 Å². The van der Waals surface area contributed by atoms with Crippen LogP contribution in [0, 0.1) is 0 Å². The van der Waals surface area contributed by atoms with Crippen molar-refractivity contribution in [1.29, 1.82) is 0 Å². The van der Waals surface area contributed by atoms with Gasteiger partial charge in [-0.15, -0.1) is 0 Å². The predicted octanol–water partition coefficient (Wildman–Crippen LogP) is 2.88. The maximum Gasteiger partial charge on any atom is 0.251 e. The molecule has 0 fully saturated rings. The highest BCUT2D eigenvalue weighted by Crippen LogP contribution is 2.16. The van der Waals surface area contributed by atoms with E-state index in [0.717, 1.165) is 28.3 Å². The first-order valence-corrected chi connectivity index (χ1v) is 7.33. The van der Waals surface area contributed by atoms with E-state index in [1.807, 2.05) is 55.6 Å². The van der Waals surface area contributed by atoms with Crippen LogP contribution in [0.2, 0.25) is 5.02 Å². The lowest BCUT2D eigenvalue weighted by molar-refractivity contribution is 0.0953. The molecule has 21 heavy (non-hydrogen) atoms. The van der Waals surface area contributed by atoms with Crippen LogP contribution in [0.4, 0.5) is 0 Å². The maximum absolute atomic E-state index is 12.2. The lowest BCUT2D eigenvalue weighted by Crippen LogP contribution is -2.31. The summed E-state index contributed by atoms with van der Waals surface area (Å²) < 4.78 is 0. The van der Waals surface area contributed by atoms with Crippen molar-refractivity contribution < 1.29 is 4.79 Å². The molecule has 0 bridgehead atoms. The van der Waals surface area contributed by atoms with Crippen LogP contribution in [0.3, 0.4) is 0 Å². The molecule has 0 atom stereocenters. The molecule has 2 aromatic rings. The van der Waals surface area contributed by atoms with E-state index in [0.29, 0.717) is 13.0 Å². The maximum atomic E-state index is 12.2. The number of halogens is 1. The molecule has 2 rings (SSSR count). The molecule has 0 unspecified atom stereocenters. The van der Waals surface area contributed by atoms with Gasteiger partial charge in [0.1, 0.15) is 0 Å². The molecule has 2 N–H and O–H groups in total. The SMILES string of the molecule is CNCCNC(=O)c1ccccc1Cc1ccc(Cl)cc1. The number of carbonyl (C=O) groups excluding carboxylic acids is 1. The lowest BCUT2D eigenvalue weighted by Gasteiger charge is -2.10. The van der Waals surface area contributed by atoms with Gasteiger partial charge in [-0.05, 0) is 42.8 Å². The van der Waals surface area contributed by atoms with Crippen molar-refractivity contribution in [1.82, 2.24) is 10.6 Å². The summed E-state index contributed by atoms with van der Waals surface area (Å²) in [6.07, 6.45) is 0.715. The van der Waals surface area contributed by atoms with Crippen LogP contribution in [0.1, 0.15) is 21.5 Å². The molecule has 3 nitrogen and oxygen atoms in total. The third kappa shape index (κ3) is 4.59. The Morgan fingerprint density at radius 3 is 2.48 bits per heavy atom. The number of benzene rings is 2.